The number of nitrogens with zero attached hydrogens (tertiary/aromatic N) is 4. The molecule has 3 rings (SSSR count). The lowest BCUT2D eigenvalue weighted by molar-refractivity contribution is -0.137. The predicted octanol–water partition coefficient (Wildman–Crippen LogP) is 3.39. The van der Waals surface area contributed by atoms with Crippen LogP contribution in [-0.4, -0.2) is 26.6 Å². The molecule has 0 aliphatic rings. The molecular weight excluding hydrogens is 347 g/mol. The number of pyridine rings is 1. The van der Waals surface area contributed by atoms with Gasteiger partial charge in [-0.1, -0.05) is 5.21 Å². The zero-order valence-corrected chi connectivity index (χ0v) is 13.9. The number of halogens is 3. The summed E-state index contributed by atoms with van der Waals surface area (Å²) in [7, 11) is 0. The zero-order chi connectivity index (χ0) is 18.7. The Labute approximate surface area is 147 Å². The first-order chi connectivity index (χ1) is 12.4. The van der Waals surface area contributed by atoms with Gasteiger partial charge in [0.1, 0.15) is 5.69 Å². The Hall–Kier alpha value is -3.10. The van der Waals surface area contributed by atoms with Crippen LogP contribution in [0.4, 0.5) is 18.9 Å². The van der Waals surface area contributed by atoms with Crippen molar-refractivity contribution in [1.29, 1.82) is 0 Å². The fraction of sp³-hybridized carbons (Fsp3) is 0.235. The van der Waals surface area contributed by atoms with Gasteiger partial charge in [0.25, 0.3) is 0 Å². The Kier molecular flexibility index (Phi) is 4.79. The number of alkyl halides is 3. The summed E-state index contributed by atoms with van der Waals surface area (Å²) < 4.78 is 45.6. The number of rotatable bonds is 5. The molecule has 0 aliphatic carbocycles. The molecule has 2 heterocycles. The smallest absolute Gasteiger partial charge is 0.416 e. The zero-order valence-electron chi connectivity index (χ0n) is 13.9. The third kappa shape index (κ3) is 3.93. The van der Waals surface area contributed by atoms with Crippen molar-refractivity contribution in [3.63, 3.8) is 0 Å². The molecule has 0 bridgehead atoms. The number of nitrogens with two attached hydrogens (primary N) is 1. The van der Waals surface area contributed by atoms with E-state index in [9.17, 15) is 13.2 Å². The molecule has 0 radical (unpaired) electrons. The molecule has 0 aliphatic heterocycles. The van der Waals surface area contributed by atoms with E-state index >= 15 is 0 Å². The van der Waals surface area contributed by atoms with E-state index < -0.39 is 11.7 Å². The van der Waals surface area contributed by atoms with Gasteiger partial charge in [-0.2, -0.15) is 13.2 Å². The number of hydrogen-bond acceptors (Lipinski definition) is 5. The maximum atomic E-state index is 12.9. The van der Waals surface area contributed by atoms with E-state index in [1.807, 2.05) is 6.92 Å². The number of benzene rings is 1. The molecule has 136 valence electrons. The summed E-state index contributed by atoms with van der Waals surface area (Å²) in [5, 5.41) is 7.91. The van der Waals surface area contributed by atoms with Gasteiger partial charge in [-0.3, -0.25) is 0 Å². The van der Waals surface area contributed by atoms with Crippen molar-refractivity contribution in [3.8, 4) is 17.1 Å². The highest BCUT2D eigenvalue weighted by Crippen LogP contribution is 2.34. The van der Waals surface area contributed by atoms with Crippen LogP contribution in [0.15, 0.2) is 42.7 Å². The lowest BCUT2D eigenvalue weighted by Gasteiger charge is -2.09. The fourth-order valence-corrected chi connectivity index (χ4v) is 2.42. The Morgan fingerprint density at radius 1 is 1.19 bits per heavy atom. The second-order valence-corrected chi connectivity index (χ2v) is 5.54. The number of anilines is 1. The third-order valence-corrected chi connectivity index (χ3v) is 3.63. The van der Waals surface area contributed by atoms with Crippen LogP contribution in [0.25, 0.3) is 11.3 Å². The van der Waals surface area contributed by atoms with Crippen LogP contribution >= 0.6 is 0 Å². The molecule has 0 unspecified atom stereocenters. The van der Waals surface area contributed by atoms with E-state index in [0.717, 1.165) is 17.7 Å². The molecule has 2 N–H and O–H groups in total. The Morgan fingerprint density at radius 3 is 2.73 bits per heavy atom. The molecular formula is C17H16F3N5O. The van der Waals surface area contributed by atoms with Gasteiger partial charge < -0.3 is 10.5 Å². The Bertz CT molecular complexity index is 907. The van der Waals surface area contributed by atoms with Gasteiger partial charge in [0, 0.05) is 23.5 Å². The van der Waals surface area contributed by atoms with E-state index in [-0.39, 0.29) is 16.9 Å². The number of nitrogen functional groups attached to an aromatic ring is 1. The molecule has 26 heavy (non-hydrogen) atoms. The molecule has 6 nitrogen and oxygen atoms in total. The summed E-state index contributed by atoms with van der Waals surface area (Å²) in [4.78, 5) is 4.08. The predicted molar refractivity (Wildman–Crippen MR) is 89.4 cm³/mol. The summed E-state index contributed by atoms with van der Waals surface area (Å²) in [6.45, 7) is 2.73. The molecule has 0 saturated heterocycles. The Morgan fingerprint density at radius 2 is 2.00 bits per heavy atom. The first-order valence-electron chi connectivity index (χ1n) is 7.81. The molecule has 2 aromatic heterocycles. The molecule has 0 saturated carbocycles. The van der Waals surface area contributed by atoms with Crippen molar-refractivity contribution >= 4 is 5.69 Å². The fourth-order valence-electron chi connectivity index (χ4n) is 2.42. The quantitative estimate of drug-likeness (QED) is 0.703. The van der Waals surface area contributed by atoms with Crippen molar-refractivity contribution < 1.29 is 17.9 Å². The van der Waals surface area contributed by atoms with Gasteiger partial charge in [-0.05, 0) is 36.8 Å². The lowest BCUT2D eigenvalue weighted by Crippen LogP contribution is -2.05. The first-order valence-corrected chi connectivity index (χ1v) is 7.81. The standard InChI is InChI=1S/C17H16F3N5O/c1-2-26-16-7-11(5-6-22-16)9-25-10-15(23-24-25)13-8-12(17(18,19)20)3-4-14(13)21/h3-8,10H,2,9,21H2,1H3. The summed E-state index contributed by atoms with van der Waals surface area (Å²) in [6, 6.07) is 6.69. The van der Waals surface area contributed by atoms with Gasteiger partial charge >= 0.3 is 6.18 Å². The summed E-state index contributed by atoms with van der Waals surface area (Å²) in [5.41, 5.74) is 6.56. The molecule has 1 aromatic carbocycles. The second-order valence-electron chi connectivity index (χ2n) is 5.54. The summed E-state index contributed by atoms with van der Waals surface area (Å²) in [6.07, 6.45) is -1.29. The monoisotopic (exact) mass is 363 g/mol. The molecule has 0 fully saturated rings. The minimum Gasteiger partial charge on any atom is -0.478 e. The van der Waals surface area contributed by atoms with Gasteiger partial charge in [0.05, 0.1) is 24.9 Å². The summed E-state index contributed by atoms with van der Waals surface area (Å²) >= 11 is 0. The molecule has 0 amide bonds. The SMILES string of the molecule is CCOc1cc(Cn2cc(-c3cc(C(F)(F)F)ccc3N)nn2)ccn1. The molecule has 3 aromatic rings. The highest BCUT2D eigenvalue weighted by Gasteiger charge is 2.31. The number of hydrogen-bond donors (Lipinski definition) is 1. The van der Waals surface area contributed by atoms with Gasteiger partial charge in [0.2, 0.25) is 5.88 Å². The van der Waals surface area contributed by atoms with E-state index in [4.69, 9.17) is 10.5 Å². The summed E-state index contributed by atoms with van der Waals surface area (Å²) in [5.74, 6) is 0.493. The minimum absolute atomic E-state index is 0.191. The van der Waals surface area contributed by atoms with Gasteiger partial charge in [-0.25, -0.2) is 9.67 Å². The van der Waals surface area contributed by atoms with E-state index in [1.54, 1.807) is 24.5 Å². The van der Waals surface area contributed by atoms with Crippen LogP contribution in [-0.2, 0) is 12.7 Å². The van der Waals surface area contributed by atoms with Crippen molar-refractivity contribution in [2.75, 3.05) is 12.3 Å². The van der Waals surface area contributed by atoms with Crippen LogP contribution in [0.1, 0.15) is 18.1 Å². The average Bonchev–Trinajstić information content (AvgIpc) is 3.03. The average molecular weight is 363 g/mol. The van der Waals surface area contributed by atoms with E-state index in [1.165, 1.54) is 10.7 Å². The molecule has 9 heteroatoms. The minimum atomic E-state index is -4.45. The number of aromatic nitrogens is 4. The van der Waals surface area contributed by atoms with Gasteiger partial charge in [0.15, 0.2) is 0 Å². The largest absolute Gasteiger partial charge is 0.478 e. The normalized spacial score (nSPS) is 11.5. The second kappa shape index (κ2) is 7.03. The van der Waals surface area contributed by atoms with Crippen LogP contribution in [0.3, 0.4) is 0 Å². The number of ether oxygens (including phenoxy) is 1. The van der Waals surface area contributed by atoms with Crippen molar-refractivity contribution in [2.24, 2.45) is 0 Å². The maximum absolute atomic E-state index is 12.9. The third-order valence-electron chi connectivity index (χ3n) is 3.63. The molecule has 0 atom stereocenters. The van der Waals surface area contributed by atoms with E-state index in [0.29, 0.717) is 19.0 Å². The van der Waals surface area contributed by atoms with Gasteiger partial charge in [-0.15, -0.1) is 5.10 Å². The topological polar surface area (TPSA) is 78.9 Å². The van der Waals surface area contributed by atoms with Crippen LogP contribution in [0, 0.1) is 0 Å². The highest BCUT2D eigenvalue weighted by molar-refractivity contribution is 5.74. The van der Waals surface area contributed by atoms with Crippen molar-refractivity contribution in [3.05, 3.63) is 53.9 Å². The highest BCUT2D eigenvalue weighted by atomic mass is 19.4. The van der Waals surface area contributed by atoms with E-state index in [2.05, 4.69) is 15.3 Å². The molecule has 0 spiro atoms. The lowest BCUT2D eigenvalue weighted by atomic mass is 10.1. The maximum Gasteiger partial charge on any atom is 0.416 e. The first kappa shape index (κ1) is 17.7. The van der Waals surface area contributed by atoms with Crippen LogP contribution in [0.5, 0.6) is 5.88 Å². The van der Waals surface area contributed by atoms with Crippen LogP contribution in [0.2, 0.25) is 0 Å². The van der Waals surface area contributed by atoms with Crippen LogP contribution < -0.4 is 10.5 Å². The van der Waals surface area contributed by atoms with Crippen molar-refractivity contribution in [2.45, 2.75) is 19.6 Å². The Balaban J connectivity index is 1.85. The van der Waals surface area contributed by atoms with Crippen molar-refractivity contribution in [1.82, 2.24) is 20.0 Å².